The lowest BCUT2D eigenvalue weighted by Crippen LogP contribution is -2.40. The highest BCUT2D eigenvalue weighted by atomic mass is 35.5. The van der Waals surface area contributed by atoms with Crippen molar-refractivity contribution < 1.29 is 14.7 Å². The van der Waals surface area contributed by atoms with Gasteiger partial charge in [0.25, 0.3) is 5.91 Å². The summed E-state index contributed by atoms with van der Waals surface area (Å²) >= 11 is 17.7. The second-order valence-corrected chi connectivity index (χ2v) is 7.53. The zero-order valence-electron chi connectivity index (χ0n) is 14.1. The fourth-order valence-electron chi connectivity index (χ4n) is 2.27. The molecule has 2 rings (SSSR count). The molecule has 1 aromatic carbocycles. The molecular formula is C16H19Cl2N3O3S2. The highest BCUT2D eigenvalue weighted by Crippen LogP contribution is 2.32. The zero-order chi connectivity index (χ0) is 18.4. The van der Waals surface area contributed by atoms with Gasteiger partial charge in [0.05, 0.1) is 17.4 Å². The second-order valence-electron chi connectivity index (χ2n) is 5.10. The number of thiocarbonyl (C=S) groups is 1. The van der Waals surface area contributed by atoms with Gasteiger partial charge >= 0.3 is 0 Å². The minimum Gasteiger partial charge on any atom is -0.548 e. The van der Waals surface area contributed by atoms with Crippen molar-refractivity contribution in [2.45, 2.75) is 0 Å². The third-order valence-electron chi connectivity index (χ3n) is 3.43. The molecule has 0 unspecified atom stereocenters. The third kappa shape index (κ3) is 5.85. The molecule has 1 amide bonds. The van der Waals surface area contributed by atoms with Crippen LogP contribution in [-0.2, 0) is 9.59 Å². The molecular weight excluding hydrogens is 417 g/mol. The van der Waals surface area contributed by atoms with Gasteiger partial charge in [-0.15, -0.1) is 23.2 Å². The van der Waals surface area contributed by atoms with E-state index in [0.29, 0.717) is 29.8 Å². The van der Waals surface area contributed by atoms with Crippen LogP contribution in [-0.4, -0.2) is 52.5 Å². The molecule has 0 spiro atoms. The Hall–Kier alpha value is -1.32. The number of hydrogen-bond acceptors (Lipinski definition) is 6. The summed E-state index contributed by atoms with van der Waals surface area (Å²) in [5.74, 6) is -0.770. The Labute approximate surface area is 171 Å². The van der Waals surface area contributed by atoms with Gasteiger partial charge in [0.15, 0.2) is 0 Å². The Morgan fingerprint density at radius 3 is 2.31 bits per heavy atom. The molecule has 1 aromatic rings. The number of thioether (sulfide) groups is 1. The molecule has 0 atom stereocenters. The molecule has 10 heteroatoms. The predicted molar refractivity (Wildman–Crippen MR) is 111 cm³/mol. The van der Waals surface area contributed by atoms with E-state index in [1.807, 2.05) is 24.3 Å². The zero-order valence-corrected chi connectivity index (χ0v) is 17.3. The van der Waals surface area contributed by atoms with Gasteiger partial charge < -0.3 is 21.0 Å². The van der Waals surface area contributed by atoms with E-state index in [9.17, 15) is 14.7 Å². The largest absolute Gasteiger partial charge is 0.548 e. The number of carboxylic acid groups (broad SMARTS) is 1. The molecule has 0 bridgehead atoms. The van der Waals surface area contributed by atoms with Crippen LogP contribution in [0.25, 0.3) is 6.08 Å². The minimum atomic E-state index is -1.35. The van der Waals surface area contributed by atoms with E-state index in [1.54, 1.807) is 6.08 Å². The molecule has 0 aliphatic carbocycles. The van der Waals surface area contributed by atoms with Crippen molar-refractivity contribution >= 4 is 75.1 Å². The van der Waals surface area contributed by atoms with Crippen LogP contribution in [0.1, 0.15) is 5.56 Å². The number of carbonyl (C=O) groups excluding carboxylic acids is 2. The number of quaternary nitrogens is 1. The first kappa shape index (κ1) is 22.7. The van der Waals surface area contributed by atoms with E-state index in [1.165, 1.54) is 0 Å². The summed E-state index contributed by atoms with van der Waals surface area (Å²) in [6, 6.07) is 7.59. The molecule has 0 aromatic heterocycles. The monoisotopic (exact) mass is 435 g/mol. The fraction of sp³-hybridized carbons (Fsp3) is 0.312. The molecule has 142 valence electrons. The predicted octanol–water partition coefficient (Wildman–Crippen LogP) is 2.30. The van der Waals surface area contributed by atoms with Crippen LogP contribution >= 0.6 is 47.2 Å². The SMILES string of the molecule is O=C([O-])CN1C(=O)/C(=C/c2ccc(N(CCCl)CCCl)cc2)SC1=S.[NH4+]. The number of hydrogen-bond donors (Lipinski definition) is 1. The van der Waals surface area contributed by atoms with Crippen LogP contribution in [0, 0.1) is 0 Å². The van der Waals surface area contributed by atoms with Crippen molar-refractivity contribution in [3.8, 4) is 0 Å². The number of halogens is 2. The first-order chi connectivity index (χ1) is 12.0. The fourth-order valence-corrected chi connectivity index (χ4v) is 3.94. The maximum atomic E-state index is 12.2. The van der Waals surface area contributed by atoms with Gasteiger partial charge in [0, 0.05) is 30.5 Å². The Balaban J connectivity index is 0.00000338. The number of benzene rings is 1. The first-order valence-electron chi connectivity index (χ1n) is 7.38. The molecule has 0 radical (unpaired) electrons. The first-order valence-corrected chi connectivity index (χ1v) is 9.67. The van der Waals surface area contributed by atoms with E-state index >= 15 is 0 Å². The lowest BCUT2D eigenvalue weighted by molar-refractivity contribution is -0.305. The average molecular weight is 436 g/mol. The number of carboxylic acids is 1. The summed E-state index contributed by atoms with van der Waals surface area (Å²) in [4.78, 5) is 26.4. The van der Waals surface area contributed by atoms with Crippen molar-refractivity contribution in [3.05, 3.63) is 34.7 Å². The Morgan fingerprint density at radius 2 is 1.81 bits per heavy atom. The summed E-state index contributed by atoms with van der Waals surface area (Å²) in [6.45, 7) is 0.845. The number of anilines is 1. The minimum absolute atomic E-state index is 0. The van der Waals surface area contributed by atoms with E-state index in [2.05, 4.69) is 4.90 Å². The Kier molecular flexibility index (Phi) is 9.38. The normalized spacial score (nSPS) is 15.3. The summed E-state index contributed by atoms with van der Waals surface area (Å²) < 4.78 is 0.215. The van der Waals surface area contributed by atoms with Crippen LogP contribution in [0.5, 0.6) is 0 Å². The van der Waals surface area contributed by atoms with Crippen LogP contribution in [0.15, 0.2) is 29.2 Å². The number of carbonyl (C=O) groups is 2. The molecule has 0 saturated carbocycles. The lowest BCUT2D eigenvalue weighted by atomic mass is 10.1. The van der Waals surface area contributed by atoms with Crippen molar-refractivity contribution in [1.82, 2.24) is 11.1 Å². The van der Waals surface area contributed by atoms with Crippen LogP contribution in [0.3, 0.4) is 0 Å². The third-order valence-corrected chi connectivity index (χ3v) is 5.14. The summed E-state index contributed by atoms with van der Waals surface area (Å²) in [5, 5.41) is 10.7. The van der Waals surface area contributed by atoms with Gasteiger partial charge in [0.1, 0.15) is 4.32 Å². The number of alkyl halides is 2. The Morgan fingerprint density at radius 1 is 1.23 bits per heavy atom. The number of amides is 1. The van der Waals surface area contributed by atoms with E-state index < -0.39 is 18.4 Å². The van der Waals surface area contributed by atoms with Crippen molar-refractivity contribution in [1.29, 1.82) is 0 Å². The number of rotatable bonds is 8. The average Bonchev–Trinajstić information content (AvgIpc) is 2.82. The quantitative estimate of drug-likeness (QED) is 0.381. The van der Waals surface area contributed by atoms with E-state index in [0.717, 1.165) is 27.9 Å². The Bertz CT molecular complexity index is 692. The molecule has 1 saturated heterocycles. The van der Waals surface area contributed by atoms with E-state index in [-0.39, 0.29) is 10.5 Å². The second kappa shape index (κ2) is 10.7. The summed E-state index contributed by atoms with van der Waals surface area (Å²) in [6.07, 6.45) is 1.69. The van der Waals surface area contributed by atoms with Gasteiger partial charge in [-0.2, -0.15) is 0 Å². The van der Waals surface area contributed by atoms with Crippen molar-refractivity contribution in [2.24, 2.45) is 0 Å². The highest BCUT2D eigenvalue weighted by molar-refractivity contribution is 8.26. The van der Waals surface area contributed by atoms with Crippen LogP contribution in [0.4, 0.5) is 5.69 Å². The van der Waals surface area contributed by atoms with Gasteiger partial charge in [-0.1, -0.05) is 36.1 Å². The van der Waals surface area contributed by atoms with Gasteiger partial charge in [-0.05, 0) is 23.8 Å². The van der Waals surface area contributed by atoms with Crippen molar-refractivity contribution in [3.63, 3.8) is 0 Å². The van der Waals surface area contributed by atoms with E-state index in [4.69, 9.17) is 35.4 Å². The van der Waals surface area contributed by atoms with Crippen molar-refractivity contribution in [2.75, 3.05) is 36.3 Å². The molecule has 1 aliphatic heterocycles. The number of aliphatic carboxylic acids is 1. The summed E-state index contributed by atoms with van der Waals surface area (Å²) in [5.41, 5.74) is 1.80. The molecule has 26 heavy (non-hydrogen) atoms. The highest BCUT2D eigenvalue weighted by Gasteiger charge is 2.31. The van der Waals surface area contributed by atoms with Crippen LogP contribution < -0.4 is 16.2 Å². The molecule has 1 aliphatic rings. The standard InChI is InChI=1S/C16H16Cl2N2O3S2.H3N/c17-5-7-19(8-6-18)12-3-1-11(2-4-12)9-13-15(23)20(10-14(21)22)16(24)25-13;/h1-4,9H,5-8,10H2,(H,21,22);1H3/b13-9-;. The molecule has 6 nitrogen and oxygen atoms in total. The summed E-state index contributed by atoms with van der Waals surface area (Å²) in [7, 11) is 0. The van der Waals surface area contributed by atoms with Gasteiger partial charge in [-0.3, -0.25) is 9.69 Å². The lowest BCUT2D eigenvalue weighted by Gasteiger charge is -2.22. The maximum Gasteiger partial charge on any atom is 0.266 e. The maximum absolute atomic E-state index is 12.2. The molecule has 4 N–H and O–H groups in total. The molecule has 1 heterocycles. The van der Waals surface area contributed by atoms with Gasteiger partial charge in [-0.25, -0.2) is 0 Å². The van der Waals surface area contributed by atoms with Gasteiger partial charge in [0.2, 0.25) is 0 Å². The number of nitrogens with zero attached hydrogens (tertiary/aromatic N) is 2. The smallest absolute Gasteiger partial charge is 0.266 e. The topological polar surface area (TPSA) is 100 Å². The van der Waals surface area contributed by atoms with Crippen LogP contribution in [0.2, 0.25) is 0 Å². The molecule has 1 fully saturated rings.